The number of hydrogen-bond donors (Lipinski definition) is 2. The van der Waals surface area contributed by atoms with E-state index < -0.39 is 52.5 Å². The third kappa shape index (κ3) is 5.10. The summed E-state index contributed by atoms with van der Waals surface area (Å²) in [6.07, 6.45) is 0.990. The van der Waals surface area contributed by atoms with E-state index in [4.69, 9.17) is 21.1 Å². The number of halogens is 1. The molecule has 3 aliphatic rings. The minimum absolute atomic E-state index is 0.0167. The highest BCUT2D eigenvalue weighted by atomic mass is 35.5. The fourth-order valence-electron chi connectivity index (χ4n) is 4.94. The van der Waals surface area contributed by atoms with Crippen LogP contribution in [-0.4, -0.2) is 80.9 Å². The van der Waals surface area contributed by atoms with Crippen LogP contribution in [0.25, 0.3) is 0 Å². The highest BCUT2D eigenvalue weighted by molar-refractivity contribution is 7.89. The van der Waals surface area contributed by atoms with Gasteiger partial charge in [-0.1, -0.05) is 35.9 Å². The van der Waals surface area contributed by atoms with Gasteiger partial charge in [0.2, 0.25) is 10.0 Å². The number of urea groups is 1. The molecule has 39 heavy (non-hydrogen) atoms. The molecule has 1 unspecified atom stereocenters. The van der Waals surface area contributed by atoms with Crippen molar-refractivity contribution in [2.24, 2.45) is 0 Å². The van der Waals surface area contributed by atoms with Gasteiger partial charge in [0.1, 0.15) is 12.1 Å². The van der Waals surface area contributed by atoms with Crippen molar-refractivity contribution >= 4 is 51.1 Å². The maximum Gasteiger partial charge on any atom is 0.326 e. The molecule has 12 nitrogen and oxygen atoms in total. The molecule has 14 heteroatoms. The van der Waals surface area contributed by atoms with E-state index in [0.717, 1.165) is 10.5 Å². The summed E-state index contributed by atoms with van der Waals surface area (Å²) in [5.41, 5.74) is 0.457. The van der Waals surface area contributed by atoms with Crippen LogP contribution in [0.4, 0.5) is 10.5 Å². The summed E-state index contributed by atoms with van der Waals surface area (Å²) in [7, 11) is -3.83. The molecule has 0 saturated carbocycles. The summed E-state index contributed by atoms with van der Waals surface area (Å²) in [5.74, 6) is -2.31. The number of rotatable bonds is 7. The first kappa shape index (κ1) is 27.1. The van der Waals surface area contributed by atoms with Crippen LogP contribution in [0.5, 0.6) is 0 Å². The van der Waals surface area contributed by atoms with Gasteiger partial charge < -0.3 is 20.1 Å². The number of hydrogen-bond acceptors (Lipinski definition) is 8. The second-order valence-corrected chi connectivity index (χ2v) is 11.6. The van der Waals surface area contributed by atoms with Gasteiger partial charge in [0.05, 0.1) is 28.8 Å². The molecular formula is C25H25ClN4O8S. The van der Waals surface area contributed by atoms with Crippen LogP contribution in [0.15, 0.2) is 47.4 Å². The molecule has 5 rings (SSSR count). The summed E-state index contributed by atoms with van der Waals surface area (Å²) in [6, 6.07) is 10.5. The topological polar surface area (TPSA) is 151 Å². The van der Waals surface area contributed by atoms with E-state index in [2.05, 4.69) is 10.6 Å². The van der Waals surface area contributed by atoms with Gasteiger partial charge in [-0.3, -0.25) is 19.3 Å². The molecule has 2 N–H and O–H groups in total. The van der Waals surface area contributed by atoms with Crippen LogP contribution in [0.1, 0.15) is 17.5 Å². The number of amides is 4. The van der Waals surface area contributed by atoms with Crippen molar-refractivity contribution in [1.82, 2.24) is 14.5 Å². The number of carbonyl (C=O) groups is 4. The highest BCUT2D eigenvalue weighted by Gasteiger charge is 2.55. The Bertz CT molecular complexity index is 1460. The second-order valence-electron chi connectivity index (χ2n) is 9.25. The molecule has 0 aromatic heterocycles. The van der Waals surface area contributed by atoms with E-state index >= 15 is 0 Å². The van der Waals surface area contributed by atoms with Gasteiger partial charge in [-0.15, -0.1) is 0 Å². The number of fused-ring (bicyclic) bond motifs is 2. The number of esters is 1. The largest absolute Gasteiger partial charge is 0.454 e. The number of nitrogens with zero attached hydrogens (tertiary/aromatic N) is 2. The van der Waals surface area contributed by atoms with E-state index in [1.807, 2.05) is 12.1 Å². The van der Waals surface area contributed by atoms with E-state index in [1.165, 1.54) is 22.5 Å². The second kappa shape index (κ2) is 10.6. The predicted molar refractivity (Wildman–Crippen MR) is 137 cm³/mol. The summed E-state index contributed by atoms with van der Waals surface area (Å²) in [5, 5.41) is 5.22. The molecule has 1 aliphatic carbocycles. The third-order valence-corrected chi connectivity index (χ3v) is 9.12. The molecule has 2 fully saturated rings. The standard InChI is InChI=1S/C25H25ClN4O8S/c26-19-6-5-17(39(35,36)29-9-11-37-12-10-29)13-20(19)27-21(31)15-38-22(32)14-30-23(33)25(28-24(30)34)8-7-16-3-1-2-4-18(16)25/h1-6,13H,7-12,14-15H2,(H,27,31)(H,28,34). The minimum Gasteiger partial charge on any atom is -0.454 e. The molecule has 1 atom stereocenters. The van der Waals surface area contributed by atoms with Crippen molar-refractivity contribution in [3.05, 3.63) is 58.6 Å². The molecule has 2 aliphatic heterocycles. The van der Waals surface area contributed by atoms with E-state index in [9.17, 15) is 27.6 Å². The van der Waals surface area contributed by atoms with Crippen LogP contribution in [0, 0.1) is 0 Å². The number of imide groups is 1. The molecule has 1 spiro atoms. The Labute approximate surface area is 229 Å². The van der Waals surface area contributed by atoms with Crippen LogP contribution in [0.3, 0.4) is 0 Å². The third-order valence-electron chi connectivity index (χ3n) is 6.89. The quantitative estimate of drug-likeness (QED) is 0.369. The maximum absolute atomic E-state index is 13.2. The zero-order valence-electron chi connectivity index (χ0n) is 20.6. The average molecular weight is 577 g/mol. The van der Waals surface area contributed by atoms with Crippen molar-refractivity contribution in [1.29, 1.82) is 0 Å². The Morgan fingerprint density at radius 1 is 1.13 bits per heavy atom. The van der Waals surface area contributed by atoms with Gasteiger partial charge in [0.25, 0.3) is 11.8 Å². The smallest absolute Gasteiger partial charge is 0.326 e. The summed E-state index contributed by atoms with van der Waals surface area (Å²) >= 11 is 6.14. The zero-order valence-corrected chi connectivity index (χ0v) is 22.2. The summed E-state index contributed by atoms with van der Waals surface area (Å²) in [4.78, 5) is 51.3. The number of morpholine rings is 1. The van der Waals surface area contributed by atoms with Crippen molar-refractivity contribution in [2.45, 2.75) is 23.3 Å². The Balaban J connectivity index is 1.19. The summed E-state index contributed by atoms with van der Waals surface area (Å²) in [6.45, 7) is -0.452. The first-order valence-corrected chi connectivity index (χ1v) is 14.0. The first-order chi connectivity index (χ1) is 18.6. The van der Waals surface area contributed by atoms with Gasteiger partial charge in [-0.05, 0) is 42.2 Å². The Morgan fingerprint density at radius 3 is 2.64 bits per heavy atom. The molecule has 4 amide bonds. The highest BCUT2D eigenvalue weighted by Crippen LogP contribution is 2.41. The first-order valence-electron chi connectivity index (χ1n) is 12.2. The Kier molecular flexibility index (Phi) is 7.33. The van der Waals surface area contributed by atoms with Crippen molar-refractivity contribution in [2.75, 3.05) is 44.8 Å². The van der Waals surface area contributed by atoms with E-state index in [0.29, 0.717) is 18.4 Å². The SMILES string of the molecule is O=C(COC(=O)CN1C(=O)NC2(CCc3ccccc32)C1=O)Nc1cc(S(=O)(=O)N2CCOCC2)ccc1Cl. The maximum atomic E-state index is 13.2. The van der Waals surface area contributed by atoms with Gasteiger partial charge >= 0.3 is 12.0 Å². The number of carbonyl (C=O) groups excluding carboxylic acids is 4. The molecule has 2 heterocycles. The van der Waals surface area contributed by atoms with Crippen LogP contribution < -0.4 is 10.6 Å². The van der Waals surface area contributed by atoms with Crippen molar-refractivity contribution < 1.29 is 37.1 Å². The van der Waals surface area contributed by atoms with Gasteiger partial charge in [0.15, 0.2) is 6.61 Å². The van der Waals surface area contributed by atoms with Gasteiger partial charge in [0, 0.05) is 13.1 Å². The Hall–Kier alpha value is -3.52. The average Bonchev–Trinajstić information content (AvgIpc) is 3.41. The normalized spacial score (nSPS) is 21.1. The molecule has 0 radical (unpaired) electrons. The zero-order chi connectivity index (χ0) is 27.8. The lowest BCUT2D eigenvalue weighted by atomic mass is 9.92. The number of aryl methyl sites for hydroxylation is 1. The Morgan fingerprint density at radius 2 is 1.87 bits per heavy atom. The van der Waals surface area contributed by atoms with Crippen molar-refractivity contribution in [3.8, 4) is 0 Å². The lowest BCUT2D eigenvalue weighted by Gasteiger charge is -2.26. The number of benzene rings is 2. The number of ether oxygens (including phenoxy) is 2. The lowest BCUT2D eigenvalue weighted by molar-refractivity contribution is -0.150. The lowest BCUT2D eigenvalue weighted by Crippen LogP contribution is -2.42. The fraction of sp³-hybridized carbons (Fsp3) is 0.360. The van der Waals surface area contributed by atoms with Gasteiger partial charge in [-0.2, -0.15) is 4.31 Å². The molecule has 2 aromatic carbocycles. The number of nitrogens with one attached hydrogen (secondary N) is 2. The molecule has 2 saturated heterocycles. The molecule has 206 valence electrons. The number of sulfonamides is 1. The number of anilines is 1. The van der Waals surface area contributed by atoms with Crippen LogP contribution >= 0.6 is 11.6 Å². The minimum atomic E-state index is -3.83. The monoisotopic (exact) mass is 576 g/mol. The fourth-order valence-corrected chi connectivity index (χ4v) is 6.54. The molecular weight excluding hydrogens is 552 g/mol. The summed E-state index contributed by atoms with van der Waals surface area (Å²) < 4.78 is 37.3. The van der Waals surface area contributed by atoms with E-state index in [-0.39, 0.29) is 41.9 Å². The van der Waals surface area contributed by atoms with E-state index in [1.54, 1.807) is 12.1 Å². The van der Waals surface area contributed by atoms with Crippen LogP contribution in [0.2, 0.25) is 5.02 Å². The van der Waals surface area contributed by atoms with Crippen LogP contribution in [-0.2, 0) is 45.8 Å². The molecule has 2 aromatic rings. The van der Waals surface area contributed by atoms with Crippen molar-refractivity contribution in [3.63, 3.8) is 0 Å². The van der Waals surface area contributed by atoms with Gasteiger partial charge in [-0.25, -0.2) is 13.2 Å². The predicted octanol–water partition coefficient (Wildman–Crippen LogP) is 1.24. The molecule has 0 bridgehead atoms.